The SMILES string of the molecule is CCN(Cc1ccc(Cl)nc1)C(=NC#N)SC. The van der Waals surface area contributed by atoms with Gasteiger partial charge in [0, 0.05) is 19.3 Å². The molecule has 0 amide bonds. The number of hydrogen-bond acceptors (Lipinski definition) is 4. The van der Waals surface area contributed by atoms with Crippen molar-refractivity contribution < 1.29 is 0 Å². The number of aromatic nitrogens is 1. The summed E-state index contributed by atoms with van der Waals surface area (Å²) >= 11 is 7.18. The lowest BCUT2D eigenvalue weighted by molar-refractivity contribution is 0.443. The van der Waals surface area contributed by atoms with E-state index in [4.69, 9.17) is 16.9 Å². The van der Waals surface area contributed by atoms with E-state index in [0.717, 1.165) is 12.1 Å². The number of halogens is 1. The van der Waals surface area contributed by atoms with Crippen LogP contribution >= 0.6 is 23.4 Å². The maximum Gasteiger partial charge on any atom is 0.208 e. The second-order valence-electron chi connectivity index (χ2n) is 3.20. The molecule has 0 aliphatic carbocycles. The smallest absolute Gasteiger partial charge is 0.208 e. The van der Waals surface area contributed by atoms with Crippen molar-refractivity contribution in [2.75, 3.05) is 12.8 Å². The van der Waals surface area contributed by atoms with E-state index in [1.54, 1.807) is 12.3 Å². The molecule has 6 heteroatoms. The van der Waals surface area contributed by atoms with E-state index in [9.17, 15) is 0 Å². The third-order valence-electron chi connectivity index (χ3n) is 2.14. The van der Waals surface area contributed by atoms with Gasteiger partial charge < -0.3 is 4.90 Å². The monoisotopic (exact) mass is 268 g/mol. The van der Waals surface area contributed by atoms with Gasteiger partial charge in [-0.2, -0.15) is 5.26 Å². The molecule has 0 radical (unpaired) electrons. The van der Waals surface area contributed by atoms with Crippen LogP contribution in [-0.2, 0) is 6.54 Å². The lowest BCUT2D eigenvalue weighted by atomic mass is 10.3. The molecular formula is C11H13ClN4S. The second-order valence-corrected chi connectivity index (χ2v) is 4.36. The molecule has 0 aliphatic heterocycles. The molecule has 0 atom stereocenters. The van der Waals surface area contributed by atoms with E-state index >= 15 is 0 Å². The van der Waals surface area contributed by atoms with Crippen LogP contribution < -0.4 is 0 Å². The molecule has 0 aliphatic rings. The molecule has 17 heavy (non-hydrogen) atoms. The van der Waals surface area contributed by atoms with Gasteiger partial charge in [0.1, 0.15) is 5.15 Å². The van der Waals surface area contributed by atoms with Crippen LogP contribution in [0.5, 0.6) is 0 Å². The van der Waals surface area contributed by atoms with Crippen molar-refractivity contribution in [2.45, 2.75) is 13.5 Å². The van der Waals surface area contributed by atoms with Crippen LogP contribution in [0.2, 0.25) is 5.15 Å². The highest BCUT2D eigenvalue weighted by atomic mass is 35.5. The van der Waals surface area contributed by atoms with Gasteiger partial charge in [-0.3, -0.25) is 0 Å². The number of nitrogens with zero attached hydrogens (tertiary/aromatic N) is 4. The fraction of sp³-hybridized carbons (Fsp3) is 0.364. The van der Waals surface area contributed by atoms with E-state index in [1.807, 2.05) is 30.3 Å². The van der Waals surface area contributed by atoms with Crippen molar-refractivity contribution >= 4 is 28.5 Å². The predicted molar refractivity (Wildman–Crippen MR) is 71.9 cm³/mol. The van der Waals surface area contributed by atoms with Gasteiger partial charge in [-0.15, -0.1) is 4.99 Å². The van der Waals surface area contributed by atoms with Crippen LogP contribution in [0.25, 0.3) is 0 Å². The van der Waals surface area contributed by atoms with E-state index < -0.39 is 0 Å². The lowest BCUT2D eigenvalue weighted by Crippen LogP contribution is -2.27. The molecule has 0 bridgehead atoms. The quantitative estimate of drug-likeness (QED) is 0.366. The molecule has 0 aromatic carbocycles. The highest BCUT2D eigenvalue weighted by Gasteiger charge is 2.09. The minimum atomic E-state index is 0.479. The zero-order valence-corrected chi connectivity index (χ0v) is 11.3. The molecule has 0 unspecified atom stereocenters. The Hall–Kier alpha value is -1.25. The highest BCUT2D eigenvalue weighted by molar-refractivity contribution is 8.13. The summed E-state index contributed by atoms with van der Waals surface area (Å²) in [5.41, 5.74) is 1.04. The summed E-state index contributed by atoms with van der Waals surface area (Å²) in [6.07, 6.45) is 5.45. The third kappa shape index (κ3) is 4.25. The Kier molecular flexibility index (Phi) is 5.81. The summed E-state index contributed by atoms with van der Waals surface area (Å²) in [6, 6.07) is 3.67. The largest absolute Gasteiger partial charge is 0.346 e. The van der Waals surface area contributed by atoms with Crippen molar-refractivity contribution in [1.82, 2.24) is 9.88 Å². The number of thioether (sulfide) groups is 1. The number of rotatable bonds is 3. The van der Waals surface area contributed by atoms with E-state index in [0.29, 0.717) is 16.9 Å². The first-order valence-corrected chi connectivity index (χ1v) is 6.67. The molecule has 0 saturated carbocycles. The van der Waals surface area contributed by atoms with Crippen LogP contribution in [0.1, 0.15) is 12.5 Å². The van der Waals surface area contributed by atoms with Gasteiger partial charge in [-0.25, -0.2) is 4.98 Å². The fourth-order valence-corrected chi connectivity index (χ4v) is 2.02. The molecular weight excluding hydrogens is 256 g/mol. The van der Waals surface area contributed by atoms with Gasteiger partial charge in [0.15, 0.2) is 5.17 Å². The lowest BCUT2D eigenvalue weighted by Gasteiger charge is -2.22. The molecule has 0 N–H and O–H groups in total. The van der Waals surface area contributed by atoms with Crippen molar-refractivity contribution in [2.24, 2.45) is 4.99 Å². The Balaban J connectivity index is 2.80. The maximum absolute atomic E-state index is 8.61. The number of pyridine rings is 1. The summed E-state index contributed by atoms with van der Waals surface area (Å²) in [7, 11) is 0. The third-order valence-corrected chi connectivity index (χ3v) is 3.08. The summed E-state index contributed by atoms with van der Waals surface area (Å²) in [4.78, 5) is 9.83. The van der Waals surface area contributed by atoms with Gasteiger partial charge in [0.2, 0.25) is 6.19 Å². The first-order chi connectivity index (χ1) is 8.21. The molecule has 1 heterocycles. The van der Waals surface area contributed by atoms with Crippen LogP contribution in [0.4, 0.5) is 0 Å². The molecule has 1 aromatic heterocycles. The number of hydrogen-bond donors (Lipinski definition) is 0. The standard InChI is InChI=1S/C11H13ClN4S/c1-3-16(11(17-2)15-8-13)7-9-4-5-10(12)14-6-9/h4-6H,3,7H2,1-2H3. The molecule has 90 valence electrons. The minimum absolute atomic E-state index is 0.479. The second kappa shape index (κ2) is 7.15. The Morgan fingerprint density at radius 2 is 2.41 bits per heavy atom. The number of aliphatic imine (C=N–C) groups is 1. The predicted octanol–water partition coefficient (Wildman–Crippen LogP) is 2.76. The number of nitriles is 1. The van der Waals surface area contributed by atoms with Gasteiger partial charge >= 0.3 is 0 Å². The van der Waals surface area contributed by atoms with Crippen molar-refractivity contribution in [3.05, 3.63) is 29.0 Å². The summed E-state index contributed by atoms with van der Waals surface area (Å²) in [6.45, 7) is 3.47. The first kappa shape index (κ1) is 13.8. The minimum Gasteiger partial charge on any atom is -0.346 e. The molecule has 1 aromatic rings. The Bertz CT molecular complexity index is 424. The number of amidine groups is 1. The molecule has 0 fully saturated rings. The van der Waals surface area contributed by atoms with E-state index in [2.05, 4.69) is 9.98 Å². The molecule has 0 spiro atoms. The summed E-state index contributed by atoms with van der Waals surface area (Å²) < 4.78 is 0. The Morgan fingerprint density at radius 1 is 1.65 bits per heavy atom. The summed E-state index contributed by atoms with van der Waals surface area (Å²) in [5.74, 6) is 0. The van der Waals surface area contributed by atoms with E-state index in [1.165, 1.54) is 11.8 Å². The fourth-order valence-electron chi connectivity index (χ4n) is 1.32. The topological polar surface area (TPSA) is 52.3 Å². The first-order valence-electron chi connectivity index (χ1n) is 5.07. The Morgan fingerprint density at radius 3 is 2.88 bits per heavy atom. The average molecular weight is 269 g/mol. The van der Waals surface area contributed by atoms with Gasteiger partial charge in [-0.05, 0) is 24.8 Å². The van der Waals surface area contributed by atoms with Crippen LogP contribution in [-0.4, -0.2) is 27.9 Å². The van der Waals surface area contributed by atoms with Crippen molar-refractivity contribution in [3.8, 4) is 6.19 Å². The molecule has 4 nitrogen and oxygen atoms in total. The normalized spacial score (nSPS) is 11.1. The van der Waals surface area contributed by atoms with Crippen LogP contribution in [0.3, 0.4) is 0 Å². The van der Waals surface area contributed by atoms with Gasteiger partial charge in [0.25, 0.3) is 0 Å². The average Bonchev–Trinajstić information content (AvgIpc) is 2.36. The molecule has 0 saturated heterocycles. The van der Waals surface area contributed by atoms with Crippen molar-refractivity contribution in [3.63, 3.8) is 0 Å². The zero-order valence-electron chi connectivity index (χ0n) is 9.72. The van der Waals surface area contributed by atoms with Crippen molar-refractivity contribution in [1.29, 1.82) is 5.26 Å². The van der Waals surface area contributed by atoms with Crippen LogP contribution in [0.15, 0.2) is 23.3 Å². The molecule has 1 rings (SSSR count). The highest BCUT2D eigenvalue weighted by Crippen LogP contribution is 2.12. The van der Waals surface area contributed by atoms with Gasteiger partial charge in [0.05, 0.1) is 0 Å². The zero-order chi connectivity index (χ0) is 12.7. The Labute approximate surface area is 110 Å². The summed E-state index contributed by atoms with van der Waals surface area (Å²) in [5, 5.41) is 9.80. The van der Waals surface area contributed by atoms with Gasteiger partial charge in [-0.1, -0.05) is 29.4 Å². The maximum atomic E-state index is 8.61. The van der Waals surface area contributed by atoms with E-state index in [-0.39, 0.29) is 0 Å². The van der Waals surface area contributed by atoms with Crippen LogP contribution in [0, 0.1) is 11.5 Å².